The number of nitro benzene ring substituents is 1. The summed E-state index contributed by atoms with van der Waals surface area (Å²) < 4.78 is 0. The van der Waals surface area contributed by atoms with Crippen molar-refractivity contribution >= 4 is 35.0 Å². The van der Waals surface area contributed by atoms with Crippen LogP contribution < -0.4 is 21.1 Å². The first kappa shape index (κ1) is 21.5. The van der Waals surface area contributed by atoms with Crippen LogP contribution in [0.2, 0.25) is 0 Å². The van der Waals surface area contributed by atoms with E-state index in [1.807, 2.05) is 4.90 Å². The molecule has 3 N–H and O–H groups in total. The third kappa shape index (κ3) is 4.05. The Morgan fingerprint density at radius 1 is 1.25 bits per heavy atom. The summed E-state index contributed by atoms with van der Waals surface area (Å²) in [7, 11) is 0. The molecule has 1 aromatic heterocycles. The van der Waals surface area contributed by atoms with Gasteiger partial charge in [-0.2, -0.15) is 4.98 Å². The van der Waals surface area contributed by atoms with Gasteiger partial charge in [0, 0.05) is 36.3 Å². The zero-order valence-electron chi connectivity index (χ0n) is 17.8. The molecule has 0 saturated carbocycles. The number of H-pyrrole nitrogens is 1. The number of anilines is 3. The van der Waals surface area contributed by atoms with E-state index in [2.05, 4.69) is 34.4 Å². The fourth-order valence-electron chi connectivity index (χ4n) is 4.47. The predicted octanol–water partition coefficient (Wildman–Crippen LogP) is 2.51. The van der Waals surface area contributed by atoms with Crippen LogP contribution in [0.15, 0.2) is 29.1 Å². The van der Waals surface area contributed by atoms with Crippen LogP contribution in [0.1, 0.15) is 51.0 Å². The molecule has 4 rings (SSSR count). The number of aromatic amines is 1. The second-order valence-electron chi connectivity index (χ2n) is 8.29. The summed E-state index contributed by atoms with van der Waals surface area (Å²) in [5.74, 6) is -1.67. The van der Waals surface area contributed by atoms with Gasteiger partial charge in [-0.1, -0.05) is 6.07 Å². The molecule has 32 heavy (non-hydrogen) atoms. The summed E-state index contributed by atoms with van der Waals surface area (Å²) in [6.45, 7) is 4.12. The van der Waals surface area contributed by atoms with Gasteiger partial charge in [0.25, 0.3) is 11.2 Å². The lowest BCUT2D eigenvalue weighted by Crippen LogP contribution is -2.46. The van der Waals surface area contributed by atoms with Crippen molar-refractivity contribution in [3.63, 3.8) is 0 Å². The maximum absolute atomic E-state index is 13.0. The van der Waals surface area contributed by atoms with Crippen LogP contribution in [0.4, 0.5) is 23.1 Å². The smallest absolute Gasteiger partial charge is 0.271 e. The first-order chi connectivity index (χ1) is 15.2. The number of non-ortho nitro benzene ring substituents is 1. The molecule has 11 heteroatoms. The van der Waals surface area contributed by atoms with Gasteiger partial charge in [0.2, 0.25) is 17.8 Å². The molecule has 0 spiro atoms. The quantitative estimate of drug-likeness (QED) is 0.488. The summed E-state index contributed by atoms with van der Waals surface area (Å²) >= 11 is 0. The van der Waals surface area contributed by atoms with E-state index in [0.29, 0.717) is 5.95 Å². The summed E-state index contributed by atoms with van der Waals surface area (Å²) in [4.78, 5) is 58.0. The Kier molecular flexibility index (Phi) is 5.64. The number of carbonyl (C=O) groups excluding carboxylic acids is 2. The average molecular weight is 440 g/mol. The SMILES string of the molecule is C[C@H]1CCC[C@H](C)N1c1nc2c(c(=O)[nH]1)[C@@H](C(=O)Nc1cccc([N+](=O)[O-])c1)CC(=O)N2. The first-order valence-electron chi connectivity index (χ1n) is 10.5. The molecule has 1 saturated heterocycles. The van der Waals surface area contributed by atoms with Gasteiger partial charge in [-0.15, -0.1) is 0 Å². The second kappa shape index (κ2) is 8.40. The molecule has 0 aliphatic carbocycles. The first-order valence-corrected chi connectivity index (χ1v) is 10.5. The summed E-state index contributed by atoms with van der Waals surface area (Å²) in [6, 6.07) is 5.81. The van der Waals surface area contributed by atoms with E-state index >= 15 is 0 Å². The number of nitro groups is 1. The number of amides is 2. The minimum absolute atomic E-state index is 0.0733. The number of aromatic nitrogens is 2. The van der Waals surface area contributed by atoms with Crippen molar-refractivity contribution in [3.8, 4) is 0 Å². The number of hydrogen-bond donors (Lipinski definition) is 3. The average Bonchev–Trinajstić information content (AvgIpc) is 2.73. The maximum Gasteiger partial charge on any atom is 0.271 e. The highest BCUT2D eigenvalue weighted by Gasteiger charge is 2.36. The number of piperidine rings is 1. The summed E-state index contributed by atoms with van der Waals surface area (Å²) in [6.07, 6.45) is 2.79. The highest BCUT2D eigenvalue weighted by atomic mass is 16.6. The summed E-state index contributed by atoms with van der Waals surface area (Å²) in [5, 5.41) is 16.2. The van der Waals surface area contributed by atoms with E-state index in [1.165, 1.54) is 24.3 Å². The van der Waals surface area contributed by atoms with E-state index in [4.69, 9.17) is 0 Å². The van der Waals surface area contributed by atoms with Crippen LogP contribution in [0, 0.1) is 10.1 Å². The van der Waals surface area contributed by atoms with E-state index in [-0.39, 0.29) is 41.3 Å². The molecule has 2 aromatic rings. The lowest BCUT2D eigenvalue weighted by atomic mass is 9.92. The summed E-state index contributed by atoms with van der Waals surface area (Å²) in [5.41, 5.74) is -0.394. The Morgan fingerprint density at radius 2 is 1.97 bits per heavy atom. The third-order valence-corrected chi connectivity index (χ3v) is 6.02. The van der Waals surface area contributed by atoms with Gasteiger partial charge in [0.15, 0.2) is 0 Å². The molecular weight excluding hydrogens is 416 g/mol. The van der Waals surface area contributed by atoms with Crippen LogP contribution in [0.3, 0.4) is 0 Å². The van der Waals surface area contributed by atoms with E-state index in [1.54, 1.807) is 0 Å². The lowest BCUT2D eigenvalue weighted by molar-refractivity contribution is -0.384. The fourth-order valence-corrected chi connectivity index (χ4v) is 4.47. The minimum atomic E-state index is -1.07. The van der Waals surface area contributed by atoms with Gasteiger partial charge in [0.1, 0.15) is 5.82 Å². The molecule has 168 valence electrons. The van der Waals surface area contributed by atoms with Crippen molar-refractivity contribution in [1.29, 1.82) is 0 Å². The molecule has 0 radical (unpaired) electrons. The normalized spacial score (nSPS) is 22.6. The molecule has 0 unspecified atom stereocenters. The Morgan fingerprint density at radius 3 is 2.66 bits per heavy atom. The number of benzene rings is 1. The van der Waals surface area contributed by atoms with Gasteiger partial charge in [-0.3, -0.25) is 29.5 Å². The van der Waals surface area contributed by atoms with Crippen LogP contribution in [-0.2, 0) is 9.59 Å². The van der Waals surface area contributed by atoms with Crippen molar-refractivity contribution in [3.05, 3.63) is 50.3 Å². The molecular formula is C21H24N6O5. The fraction of sp³-hybridized carbons (Fsp3) is 0.429. The Balaban J connectivity index is 1.66. The standard InChI is InChI=1S/C21H24N6O5/c1-11-5-3-6-12(2)26(11)21-24-18-17(20(30)25-21)15(10-16(28)23-18)19(29)22-13-7-4-8-14(9-13)27(31)32/h4,7-9,11-12,15H,3,5-6,10H2,1-2H3,(H,22,29)(H2,23,24,25,28,30)/t11-,12-,15-/m0/s1. The van der Waals surface area contributed by atoms with Crippen molar-refractivity contribution in [2.45, 2.75) is 57.5 Å². The van der Waals surface area contributed by atoms with Gasteiger partial charge in [0.05, 0.1) is 16.4 Å². The van der Waals surface area contributed by atoms with E-state index < -0.39 is 28.2 Å². The van der Waals surface area contributed by atoms with E-state index in [0.717, 1.165) is 19.3 Å². The van der Waals surface area contributed by atoms with Crippen LogP contribution in [-0.4, -0.2) is 38.8 Å². The number of hydrogen-bond acceptors (Lipinski definition) is 7. The largest absolute Gasteiger partial charge is 0.337 e. The van der Waals surface area contributed by atoms with Gasteiger partial charge < -0.3 is 15.5 Å². The van der Waals surface area contributed by atoms with Crippen molar-refractivity contribution in [1.82, 2.24) is 9.97 Å². The number of nitrogens with one attached hydrogen (secondary N) is 3. The predicted molar refractivity (Wildman–Crippen MR) is 118 cm³/mol. The maximum atomic E-state index is 13.0. The second-order valence-corrected chi connectivity index (χ2v) is 8.29. The molecule has 11 nitrogen and oxygen atoms in total. The molecule has 2 amide bonds. The molecule has 3 heterocycles. The van der Waals surface area contributed by atoms with Crippen molar-refractivity contribution in [2.75, 3.05) is 15.5 Å². The Labute approximate surface area is 183 Å². The minimum Gasteiger partial charge on any atom is -0.337 e. The zero-order chi connectivity index (χ0) is 23.0. The number of nitrogens with zero attached hydrogens (tertiary/aromatic N) is 3. The van der Waals surface area contributed by atoms with E-state index in [9.17, 15) is 24.5 Å². The van der Waals surface area contributed by atoms with Gasteiger partial charge in [-0.05, 0) is 39.2 Å². The number of fused-ring (bicyclic) bond motifs is 1. The molecule has 3 atom stereocenters. The van der Waals surface area contributed by atoms with Crippen molar-refractivity contribution in [2.24, 2.45) is 0 Å². The van der Waals surface area contributed by atoms with Crippen LogP contribution in [0.5, 0.6) is 0 Å². The zero-order valence-corrected chi connectivity index (χ0v) is 17.8. The molecule has 1 aromatic carbocycles. The highest BCUT2D eigenvalue weighted by Crippen LogP contribution is 2.32. The number of carbonyl (C=O) groups is 2. The van der Waals surface area contributed by atoms with Crippen LogP contribution in [0.25, 0.3) is 0 Å². The Hall–Kier alpha value is -3.76. The highest BCUT2D eigenvalue weighted by molar-refractivity contribution is 6.04. The number of rotatable bonds is 4. The molecule has 0 bridgehead atoms. The molecule has 1 fully saturated rings. The van der Waals surface area contributed by atoms with Gasteiger partial charge in [-0.25, -0.2) is 0 Å². The lowest BCUT2D eigenvalue weighted by Gasteiger charge is -2.39. The third-order valence-electron chi connectivity index (χ3n) is 6.02. The molecule has 2 aliphatic heterocycles. The Bertz CT molecular complexity index is 1140. The van der Waals surface area contributed by atoms with Crippen molar-refractivity contribution < 1.29 is 14.5 Å². The van der Waals surface area contributed by atoms with Gasteiger partial charge >= 0.3 is 0 Å². The monoisotopic (exact) mass is 440 g/mol. The molecule has 2 aliphatic rings. The topological polar surface area (TPSA) is 150 Å². The van der Waals surface area contributed by atoms with Crippen LogP contribution >= 0.6 is 0 Å².